The van der Waals surface area contributed by atoms with Gasteiger partial charge in [-0.3, -0.25) is 0 Å². The van der Waals surface area contributed by atoms with Crippen molar-refractivity contribution in [2.45, 2.75) is 6.04 Å². The number of anilines is 1. The van der Waals surface area contributed by atoms with Crippen molar-refractivity contribution in [1.29, 1.82) is 0 Å². The first kappa shape index (κ1) is 9.29. The lowest BCUT2D eigenvalue weighted by molar-refractivity contribution is 0.917. The SMILES string of the molecule is C=CC(N)c1cc(Br)ccc1N. The first-order valence-corrected chi connectivity index (χ1v) is 4.37. The second-order valence-electron chi connectivity index (χ2n) is 2.53. The van der Waals surface area contributed by atoms with Crippen molar-refractivity contribution < 1.29 is 0 Å². The molecule has 0 aromatic heterocycles. The number of halogens is 1. The lowest BCUT2D eigenvalue weighted by Gasteiger charge is -2.09. The molecule has 0 spiro atoms. The summed E-state index contributed by atoms with van der Waals surface area (Å²) in [7, 11) is 0. The monoisotopic (exact) mass is 226 g/mol. The molecule has 1 aromatic carbocycles. The normalized spacial score (nSPS) is 12.5. The summed E-state index contributed by atoms with van der Waals surface area (Å²) in [4.78, 5) is 0. The Labute approximate surface area is 80.4 Å². The maximum Gasteiger partial charge on any atom is 0.0499 e. The topological polar surface area (TPSA) is 52.0 Å². The van der Waals surface area contributed by atoms with Crippen LogP contribution in [0.4, 0.5) is 5.69 Å². The van der Waals surface area contributed by atoms with Crippen LogP contribution in [0.5, 0.6) is 0 Å². The average molecular weight is 227 g/mol. The van der Waals surface area contributed by atoms with E-state index in [0.717, 1.165) is 10.0 Å². The van der Waals surface area contributed by atoms with Gasteiger partial charge in [-0.25, -0.2) is 0 Å². The average Bonchev–Trinajstić information content (AvgIpc) is 2.08. The van der Waals surface area contributed by atoms with E-state index in [-0.39, 0.29) is 6.04 Å². The lowest BCUT2D eigenvalue weighted by Crippen LogP contribution is -2.09. The molecule has 1 rings (SSSR count). The van der Waals surface area contributed by atoms with Gasteiger partial charge < -0.3 is 11.5 Å². The molecule has 0 heterocycles. The minimum Gasteiger partial charge on any atom is -0.398 e. The van der Waals surface area contributed by atoms with E-state index in [4.69, 9.17) is 11.5 Å². The van der Waals surface area contributed by atoms with Crippen molar-refractivity contribution in [2.24, 2.45) is 5.73 Å². The fraction of sp³-hybridized carbons (Fsp3) is 0.111. The molecule has 12 heavy (non-hydrogen) atoms. The first-order valence-electron chi connectivity index (χ1n) is 3.58. The largest absolute Gasteiger partial charge is 0.398 e. The number of nitrogens with two attached hydrogens (primary N) is 2. The third-order valence-electron chi connectivity index (χ3n) is 1.66. The van der Waals surface area contributed by atoms with E-state index in [2.05, 4.69) is 22.5 Å². The van der Waals surface area contributed by atoms with Crippen molar-refractivity contribution in [3.63, 3.8) is 0 Å². The highest BCUT2D eigenvalue weighted by Crippen LogP contribution is 2.23. The van der Waals surface area contributed by atoms with Crippen molar-refractivity contribution >= 4 is 21.6 Å². The molecule has 0 radical (unpaired) electrons. The molecule has 4 N–H and O–H groups in total. The summed E-state index contributed by atoms with van der Waals surface area (Å²) in [6.07, 6.45) is 1.66. The number of benzene rings is 1. The minimum absolute atomic E-state index is 0.192. The lowest BCUT2D eigenvalue weighted by atomic mass is 10.1. The Hall–Kier alpha value is -0.800. The van der Waals surface area contributed by atoms with E-state index in [9.17, 15) is 0 Å². The minimum atomic E-state index is -0.192. The summed E-state index contributed by atoms with van der Waals surface area (Å²) in [5.74, 6) is 0. The Balaban J connectivity index is 3.12. The van der Waals surface area contributed by atoms with Gasteiger partial charge in [0.05, 0.1) is 0 Å². The molecule has 0 aliphatic heterocycles. The predicted molar refractivity (Wildman–Crippen MR) is 55.7 cm³/mol. The standard InChI is InChI=1S/C9H11BrN2/c1-2-8(11)7-5-6(10)3-4-9(7)12/h2-5,8H,1,11-12H2. The smallest absolute Gasteiger partial charge is 0.0499 e. The molecule has 0 aliphatic carbocycles. The highest BCUT2D eigenvalue weighted by molar-refractivity contribution is 9.10. The molecular weight excluding hydrogens is 216 g/mol. The van der Waals surface area contributed by atoms with Crippen LogP contribution in [-0.2, 0) is 0 Å². The van der Waals surface area contributed by atoms with Gasteiger partial charge in [-0.1, -0.05) is 22.0 Å². The molecule has 2 nitrogen and oxygen atoms in total. The van der Waals surface area contributed by atoms with E-state index < -0.39 is 0 Å². The second kappa shape index (κ2) is 3.74. The van der Waals surface area contributed by atoms with E-state index in [1.807, 2.05) is 18.2 Å². The Morgan fingerprint density at radius 2 is 2.17 bits per heavy atom. The Kier molecular flexibility index (Phi) is 2.89. The van der Waals surface area contributed by atoms with Crippen LogP contribution < -0.4 is 11.5 Å². The van der Waals surface area contributed by atoms with Crippen LogP contribution in [-0.4, -0.2) is 0 Å². The third-order valence-corrected chi connectivity index (χ3v) is 2.16. The van der Waals surface area contributed by atoms with E-state index in [0.29, 0.717) is 5.69 Å². The fourth-order valence-electron chi connectivity index (χ4n) is 0.961. The van der Waals surface area contributed by atoms with Gasteiger partial charge >= 0.3 is 0 Å². The Morgan fingerprint density at radius 3 is 2.75 bits per heavy atom. The first-order chi connectivity index (χ1) is 5.65. The quantitative estimate of drug-likeness (QED) is 0.601. The van der Waals surface area contributed by atoms with Crippen molar-refractivity contribution in [1.82, 2.24) is 0 Å². The summed E-state index contributed by atoms with van der Waals surface area (Å²) in [6, 6.07) is 5.42. The molecule has 3 heteroatoms. The summed E-state index contributed by atoms with van der Waals surface area (Å²) in [5.41, 5.74) is 13.1. The molecule has 0 bridgehead atoms. The van der Waals surface area contributed by atoms with Crippen LogP contribution in [0.1, 0.15) is 11.6 Å². The number of rotatable bonds is 2. The summed E-state index contributed by atoms with van der Waals surface area (Å²) < 4.78 is 0.976. The molecule has 0 aliphatic rings. The molecule has 0 fully saturated rings. The fourth-order valence-corrected chi connectivity index (χ4v) is 1.34. The van der Waals surface area contributed by atoms with Crippen molar-refractivity contribution in [3.8, 4) is 0 Å². The number of nitrogen functional groups attached to an aromatic ring is 1. The van der Waals surface area contributed by atoms with Gasteiger partial charge in [0.2, 0.25) is 0 Å². The highest BCUT2D eigenvalue weighted by Gasteiger charge is 2.05. The molecule has 1 aromatic rings. The van der Waals surface area contributed by atoms with Crippen LogP contribution in [0.25, 0.3) is 0 Å². The maximum absolute atomic E-state index is 5.75. The second-order valence-corrected chi connectivity index (χ2v) is 3.45. The van der Waals surface area contributed by atoms with Gasteiger partial charge in [-0.15, -0.1) is 6.58 Å². The van der Waals surface area contributed by atoms with Crippen molar-refractivity contribution in [2.75, 3.05) is 5.73 Å². The van der Waals surface area contributed by atoms with Gasteiger partial charge in [0.15, 0.2) is 0 Å². The molecule has 0 amide bonds. The molecule has 0 saturated heterocycles. The zero-order valence-electron chi connectivity index (χ0n) is 6.63. The Morgan fingerprint density at radius 1 is 1.50 bits per heavy atom. The van der Waals surface area contributed by atoms with Crippen LogP contribution >= 0.6 is 15.9 Å². The molecule has 0 saturated carbocycles. The number of hydrogen-bond acceptors (Lipinski definition) is 2. The predicted octanol–water partition coefficient (Wildman–Crippen LogP) is 2.22. The van der Waals surface area contributed by atoms with Gasteiger partial charge in [-0.05, 0) is 23.8 Å². The van der Waals surface area contributed by atoms with Crippen LogP contribution in [0, 0.1) is 0 Å². The van der Waals surface area contributed by atoms with Crippen LogP contribution in [0.2, 0.25) is 0 Å². The summed E-state index contributed by atoms with van der Waals surface area (Å²) >= 11 is 3.35. The summed E-state index contributed by atoms with van der Waals surface area (Å²) in [5, 5.41) is 0. The highest BCUT2D eigenvalue weighted by atomic mass is 79.9. The molecule has 1 atom stereocenters. The van der Waals surface area contributed by atoms with E-state index in [1.165, 1.54) is 0 Å². The zero-order valence-corrected chi connectivity index (χ0v) is 8.21. The molecule has 1 unspecified atom stereocenters. The van der Waals surface area contributed by atoms with Crippen molar-refractivity contribution in [3.05, 3.63) is 40.9 Å². The molecular formula is C9H11BrN2. The van der Waals surface area contributed by atoms with Gasteiger partial charge in [-0.2, -0.15) is 0 Å². The van der Waals surface area contributed by atoms with Gasteiger partial charge in [0.1, 0.15) is 0 Å². The Bertz CT molecular complexity index is 297. The van der Waals surface area contributed by atoms with Gasteiger partial charge in [0.25, 0.3) is 0 Å². The van der Waals surface area contributed by atoms with Gasteiger partial charge in [0, 0.05) is 16.2 Å². The number of hydrogen-bond donors (Lipinski definition) is 2. The van der Waals surface area contributed by atoms with E-state index >= 15 is 0 Å². The van der Waals surface area contributed by atoms with Crippen LogP contribution in [0.3, 0.4) is 0 Å². The third kappa shape index (κ3) is 1.87. The molecule has 64 valence electrons. The zero-order chi connectivity index (χ0) is 9.14. The maximum atomic E-state index is 5.75. The summed E-state index contributed by atoms with van der Waals surface area (Å²) in [6.45, 7) is 3.61. The van der Waals surface area contributed by atoms with Crippen LogP contribution in [0.15, 0.2) is 35.3 Å². The van der Waals surface area contributed by atoms with E-state index in [1.54, 1.807) is 6.08 Å².